The average Bonchev–Trinajstić information content (AvgIpc) is 3.57. The first-order chi connectivity index (χ1) is 23.9. The van der Waals surface area contributed by atoms with Gasteiger partial charge in [0.25, 0.3) is 5.56 Å². The SMILES string of the molecule is CCc1c(N2CCN(C(=O)C(=O)Nc3ccncn3)CC2)c(=O)n2nc(C3=CCOCC3)nc2n1CC(=O)Nc1ccc(C(F)(F)F)cc1F. The van der Waals surface area contributed by atoms with E-state index in [0.717, 1.165) is 16.2 Å². The van der Waals surface area contributed by atoms with E-state index in [1.807, 2.05) is 0 Å². The monoisotopic (exact) mass is 698 g/mol. The smallest absolute Gasteiger partial charge is 0.377 e. The Morgan fingerprint density at radius 1 is 1.06 bits per heavy atom. The predicted octanol–water partition coefficient (Wildman–Crippen LogP) is 2.13. The number of piperazine rings is 1. The van der Waals surface area contributed by atoms with E-state index in [0.29, 0.717) is 37.5 Å². The summed E-state index contributed by atoms with van der Waals surface area (Å²) in [6.07, 6.45) is 0.353. The van der Waals surface area contributed by atoms with Crippen LogP contribution in [0.5, 0.6) is 0 Å². The summed E-state index contributed by atoms with van der Waals surface area (Å²) in [6.45, 7) is 2.46. The molecule has 1 aromatic carbocycles. The number of amides is 3. The zero-order valence-corrected chi connectivity index (χ0v) is 26.5. The first-order valence-corrected chi connectivity index (χ1v) is 15.5. The van der Waals surface area contributed by atoms with Gasteiger partial charge >= 0.3 is 18.0 Å². The molecule has 0 spiro atoms. The molecule has 1 fully saturated rings. The summed E-state index contributed by atoms with van der Waals surface area (Å²) in [6, 6.07) is 3.21. The summed E-state index contributed by atoms with van der Waals surface area (Å²) in [7, 11) is 0. The fourth-order valence-corrected chi connectivity index (χ4v) is 5.73. The van der Waals surface area contributed by atoms with E-state index in [1.165, 1.54) is 28.1 Å². The van der Waals surface area contributed by atoms with Gasteiger partial charge < -0.3 is 29.7 Å². The lowest BCUT2D eigenvalue weighted by Crippen LogP contribution is -2.53. The second-order valence-corrected chi connectivity index (χ2v) is 11.3. The summed E-state index contributed by atoms with van der Waals surface area (Å²) in [5.74, 6) is -3.31. The molecule has 4 aromatic rings. The van der Waals surface area contributed by atoms with Gasteiger partial charge in [0.15, 0.2) is 5.82 Å². The molecule has 50 heavy (non-hydrogen) atoms. The van der Waals surface area contributed by atoms with Crippen LogP contribution in [0.1, 0.15) is 30.4 Å². The van der Waals surface area contributed by atoms with Crippen LogP contribution in [-0.4, -0.2) is 91.1 Å². The van der Waals surface area contributed by atoms with Gasteiger partial charge in [-0.3, -0.25) is 19.2 Å². The maximum atomic E-state index is 14.6. The first kappa shape index (κ1) is 34.2. The molecule has 6 rings (SSSR count). The van der Waals surface area contributed by atoms with Crippen molar-refractivity contribution in [1.82, 2.24) is 34.0 Å². The fraction of sp³-hybridized carbons (Fsp3) is 0.355. The maximum Gasteiger partial charge on any atom is 0.416 e. The zero-order chi connectivity index (χ0) is 35.6. The van der Waals surface area contributed by atoms with Crippen molar-refractivity contribution >= 4 is 46.3 Å². The fourth-order valence-electron chi connectivity index (χ4n) is 5.73. The number of carbonyl (C=O) groups excluding carboxylic acids is 3. The molecule has 2 aliphatic heterocycles. The largest absolute Gasteiger partial charge is 0.416 e. The van der Waals surface area contributed by atoms with Crippen LogP contribution in [-0.2, 0) is 38.3 Å². The normalized spacial score (nSPS) is 15.2. The van der Waals surface area contributed by atoms with Crippen LogP contribution in [0.25, 0.3) is 11.4 Å². The van der Waals surface area contributed by atoms with Crippen LogP contribution >= 0.6 is 0 Å². The van der Waals surface area contributed by atoms with E-state index in [1.54, 1.807) is 17.9 Å². The van der Waals surface area contributed by atoms with Crippen LogP contribution in [0.15, 0.2) is 47.7 Å². The maximum absolute atomic E-state index is 14.6. The number of rotatable bonds is 7. The van der Waals surface area contributed by atoms with Crippen LogP contribution in [0, 0.1) is 5.82 Å². The van der Waals surface area contributed by atoms with E-state index in [-0.39, 0.29) is 55.7 Å². The minimum Gasteiger partial charge on any atom is -0.377 e. The third-order valence-corrected chi connectivity index (χ3v) is 8.18. The molecule has 0 radical (unpaired) electrons. The predicted molar refractivity (Wildman–Crippen MR) is 170 cm³/mol. The standard InChI is InChI=1S/C31H30F4N10O5/c1-2-22-25(42-9-11-43(12-10-42)29(49)27(47)39-23-5-8-36-17-37-23)28(48)45-30(40-26(41-45)18-6-13-50-14-7-18)44(22)16-24(46)38-21-4-3-19(15-20(21)32)31(33,34)35/h3-6,8,15,17H,2,7,9-14,16H2,1H3,(H,38,46)(H,36,37,39,47). The van der Waals surface area contributed by atoms with Crippen molar-refractivity contribution in [3.8, 4) is 0 Å². The zero-order valence-electron chi connectivity index (χ0n) is 26.5. The second kappa shape index (κ2) is 14.0. The Balaban J connectivity index is 1.30. The van der Waals surface area contributed by atoms with Gasteiger partial charge in [0.2, 0.25) is 11.7 Å². The van der Waals surface area contributed by atoms with Crippen LogP contribution < -0.4 is 21.1 Å². The number of hydrogen-bond donors (Lipinski definition) is 2. The topological polar surface area (TPSA) is 169 Å². The molecule has 0 atom stereocenters. The van der Waals surface area contributed by atoms with Gasteiger partial charge in [-0.1, -0.05) is 13.0 Å². The molecule has 3 amide bonds. The van der Waals surface area contributed by atoms with Gasteiger partial charge in [0.05, 0.1) is 30.2 Å². The van der Waals surface area contributed by atoms with E-state index < -0.39 is 53.1 Å². The highest BCUT2D eigenvalue weighted by molar-refractivity contribution is 6.39. The molecule has 15 nitrogen and oxygen atoms in total. The quantitative estimate of drug-likeness (QED) is 0.216. The van der Waals surface area contributed by atoms with Crippen molar-refractivity contribution in [2.45, 2.75) is 32.5 Å². The lowest BCUT2D eigenvalue weighted by atomic mass is 10.1. The molecule has 2 N–H and O–H groups in total. The molecule has 19 heteroatoms. The molecule has 0 saturated carbocycles. The molecule has 1 saturated heterocycles. The van der Waals surface area contributed by atoms with E-state index >= 15 is 0 Å². The average molecular weight is 699 g/mol. The van der Waals surface area contributed by atoms with Crippen molar-refractivity contribution in [1.29, 1.82) is 0 Å². The van der Waals surface area contributed by atoms with E-state index in [2.05, 4.69) is 30.7 Å². The van der Waals surface area contributed by atoms with Crippen molar-refractivity contribution < 1.29 is 36.7 Å². The van der Waals surface area contributed by atoms with E-state index in [9.17, 15) is 36.7 Å². The molecule has 0 unspecified atom stereocenters. The van der Waals surface area contributed by atoms with Crippen molar-refractivity contribution in [2.24, 2.45) is 0 Å². The van der Waals surface area contributed by atoms with Gasteiger partial charge in [-0.2, -0.15) is 22.7 Å². The number of anilines is 3. The Kier molecular flexibility index (Phi) is 9.58. The molecular weight excluding hydrogens is 668 g/mol. The first-order valence-electron chi connectivity index (χ1n) is 15.5. The highest BCUT2D eigenvalue weighted by atomic mass is 19.4. The van der Waals surface area contributed by atoms with Crippen molar-refractivity contribution in [3.05, 3.63) is 76.1 Å². The number of alkyl halides is 3. The summed E-state index contributed by atoms with van der Waals surface area (Å²) in [5.41, 5.74) is -0.906. The molecule has 2 aliphatic rings. The summed E-state index contributed by atoms with van der Waals surface area (Å²) < 4.78 is 61.7. The van der Waals surface area contributed by atoms with Crippen molar-refractivity contribution in [2.75, 3.05) is 54.9 Å². The Morgan fingerprint density at radius 2 is 1.84 bits per heavy atom. The minimum atomic E-state index is -4.77. The molecule has 3 aromatic heterocycles. The summed E-state index contributed by atoms with van der Waals surface area (Å²) in [4.78, 5) is 68.2. The molecule has 0 aliphatic carbocycles. The van der Waals surface area contributed by atoms with E-state index in [4.69, 9.17) is 4.74 Å². The number of ether oxygens (including phenoxy) is 1. The van der Waals surface area contributed by atoms with Gasteiger partial charge in [-0.15, -0.1) is 5.10 Å². The van der Waals surface area contributed by atoms with Gasteiger partial charge in [0.1, 0.15) is 30.2 Å². The molecule has 5 heterocycles. The summed E-state index contributed by atoms with van der Waals surface area (Å²) in [5, 5.41) is 9.21. The lowest BCUT2D eigenvalue weighted by molar-refractivity contribution is -0.143. The number of aromatic nitrogens is 6. The van der Waals surface area contributed by atoms with Crippen LogP contribution in [0.3, 0.4) is 0 Å². The Bertz CT molecular complexity index is 2040. The van der Waals surface area contributed by atoms with Crippen molar-refractivity contribution in [3.63, 3.8) is 0 Å². The number of nitrogens with one attached hydrogen (secondary N) is 2. The Morgan fingerprint density at radius 3 is 2.48 bits per heavy atom. The highest BCUT2D eigenvalue weighted by Crippen LogP contribution is 2.31. The number of carbonyl (C=O) groups is 3. The molecule has 262 valence electrons. The van der Waals surface area contributed by atoms with Gasteiger partial charge in [-0.05, 0) is 42.7 Å². The number of halogens is 4. The lowest BCUT2D eigenvalue weighted by Gasteiger charge is -2.36. The third kappa shape index (κ3) is 7.02. The Labute approximate surface area is 280 Å². The number of fused-ring (bicyclic) bond motifs is 1. The van der Waals surface area contributed by atoms with Crippen LogP contribution in [0.2, 0.25) is 0 Å². The second-order valence-electron chi connectivity index (χ2n) is 11.3. The summed E-state index contributed by atoms with van der Waals surface area (Å²) >= 11 is 0. The van der Waals surface area contributed by atoms with Gasteiger partial charge in [-0.25, -0.2) is 14.4 Å². The van der Waals surface area contributed by atoms with Crippen LogP contribution in [0.4, 0.5) is 34.8 Å². The van der Waals surface area contributed by atoms with Gasteiger partial charge in [0, 0.05) is 32.4 Å². The number of benzene rings is 1. The number of nitrogens with zero attached hydrogens (tertiary/aromatic N) is 8. The minimum absolute atomic E-state index is 0.0243. The molecular formula is C31H30F4N10O5. The number of hydrogen-bond acceptors (Lipinski definition) is 10. The molecule has 0 bridgehead atoms. The Hall–Kier alpha value is -5.72. The highest BCUT2D eigenvalue weighted by Gasteiger charge is 2.33. The third-order valence-electron chi connectivity index (χ3n) is 8.18.